The minimum Gasteiger partial charge on any atom is -0.337 e. The molecule has 4 heteroatoms. The second kappa shape index (κ2) is 5.43. The Morgan fingerprint density at radius 3 is 2.80 bits per heavy atom. The minimum atomic E-state index is -0.184. The summed E-state index contributed by atoms with van der Waals surface area (Å²) >= 11 is 0. The smallest absolute Gasteiger partial charge is 0.243 e. The molecule has 102 valence electrons. The first kappa shape index (κ1) is 12.8. The van der Waals surface area contributed by atoms with E-state index in [0.29, 0.717) is 11.7 Å². The average molecular weight is 267 g/mol. The highest BCUT2D eigenvalue weighted by Crippen LogP contribution is 2.27. The van der Waals surface area contributed by atoms with Crippen LogP contribution in [0.4, 0.5) is 0 Å². The van der Waals surface area contributed by atoms with Gasteiger partial charge in [0.15, 0.2) is 0 Å². The van der Waals surface area contributed by atoms with Crippen LogP contribution < -0.4 is 5.73 Å². The maximum Gasteiger partial charge on any atom is 0.243 e. The lowest BCUT2D eigenvalue weighted by atomic mass is 10.0. The van der Waals surface area contributed by atoms with Crippen LogP contribution in [-0.4, -0.2) is 10.1 Å². The molecule has 2 aromatic carbocycles. The van der Waals surface area contributed by atoms with Crippen molar-refractivity contribution in [2.24, 2.45) is 5.73 Å². The third kappa shape index (κ3) is 2.30. The number of hydrogen-bond donors (Lipinski definition) is 1. The average Bonchev–Trinajstić information content (AvgIpc) is 2.97. The molecular weight excluding hydrogens is 250 g/mol. The fraction of sp³-hybridized carbons (Fsp3) is 0.250. The highest BCUT2D eigenvalue weighted by molar-refractivity contribution is 5.94. The van der Waals surface area contributed by atoms with Gasteiger partial charge in [-0.1, -0.05) is 61.0 Å². The summed E-state index contributed by atoms with van der Waals surface area (Å²) in [7, 11) is 0. The molecule has 2 N–H and O–H groups in total. The molecule has 0 amide bonds. The molecule has 1 unspecified atom stereocenters. The largest absolute Gasteiger partial charge is 0.337 e. The van der Waals surface area contributed by atoms with E-state index >= 15 is 0 Å². The molecule has 3 rings (SSSR count). The first-order chi connectivity index (χ1) is 9.79. The van der Waals surface area contributed by atoms with E-state index < -0.39 is 0 Å². The van der Waals surface area contributed by atoms with E-state index in [4.69, 9.17) is 10.3 Å². The lowest BCUT2D eigenvalue weighted by Crippen LogP contribution is -2.09. The second-order valence-corrected chi connectivity index (χ2v) is 4.88. The van der Waals surface area contributed by atoms with Crippen LogP contribution in [0.3, 0.4) is 0 Å². The van der Waals surface area contributed by atoms with Crippen LogP contribution in [0.5, 0.6) is 0 Å². The SMILES string of the molecule is CCCC(N)c1nc(-c2cccc3ccccc23)no1. The number of nitrogens with two attached hydrogens (primary N) is 1. The van der Waals surface area contributed by atoms with E-state index in [0.717, 1.165) is 29.2 Å². The fourth-order valence-electron chi connectivity index (χ4n) is 2.35. The number of hydrogen-bond acceptors (Lipinski definition) is 4. The second-order valence-electron chi connectivity index (χ2n) is 4.88. The van der Waals surface area contributed by atoms with Gasteiger partial charge in [0.05, 0.1) is 6.04 Å². The Bertz CT molecular complexity index is 715. The quantitative estimate of drug-likeness (QED) is 0.783. The standard InChI is InChI=1S/C16H17N3O/c1-2-6-14(17)16-18-15(19-20-16)13-10-5-8-11-7-3-4-9-12(11)13/h3-5,7-10,14H,2,6,17H2,1H3. The van der Waals surface area contributed by atoms with Gasteiger partial charge in [-0.05, 0) is 17.2 Å². The van der Waals surface area contributed by atoms with Crippen LogP contribution in [0.25, 0.3) is 22.2 Å². The Hall–Kier alpha value is -2.20. The first-order valence-corrected chi connectivity index (χ1v) is 6.87. The molecule has 0 saturated heterocycles. The number of benzene rings is 2. The van der Waals surface area contributed by atoms with Crippen LogP contribution in [0, 0.1) is 0 Å². The normalized spacial score (nSPS) is 12.7. The van der Waals surface area contributed by atoms with Gasteiger partial charge in [-0.3, -0.25) is 0 Å². The molecule has 0 aliphatic heterocycles. The van der Waals surface area contributed by atoms with Gasteiger partial charge in [0.25, 0.3) is 0 Å². The maximum atomic E-state index is 6.01. The Balaban J connectivity index is 2.03. The Labute approximate surface area is 117 Å². The van der Waals surface area contributed by atoms with E-state index in [1.54, 1.807) is 0 Å². The summed E-state index contributed by atoms with van der Waals surface area (Å²) in [6, 6.07) is 14.1. The molecule has 0 fully saturated rings. The van der Waals surface area contributed by atoms with Crippen molar-refractivity contribution in [1.82, 2.24) is 10.1 Å². The van der Waals surface area contributed by atoms with Gasteiger partial charge >= 0.3 is 0 Å². The molecule has 0 spiro atoms. The lowest BCUT2D eigenvalue weighted by molar-refractivity contribution is 0.348. The zero-order valence-corrected chi connectivity index (χ0v) is 11.4. The van der Waals surface area contributed by atoms with E-state index in [1.165, 1.54) is 0 Å². The highest BCUT2D eigenvalue weighted by Gasteiger charge is 2.16. The van der Waals surface area contributed by atoms with Crippen LogP contribution in [-0.2, 0) is 0 Å². The van der Waals surface area contributed by atoms with Crippen molar-refractivity contribution in [1.29, 1.82) is 0 Å². The fourth-order valence-corrected chi connectivity index (χ4v) is 2.35. The molecule has 0 radical (unpaired) electrons. The molecule has 1 atom stereocenters. The van der Waals surface area contributed by atoms with E-state index in [1.807, 2.05) is 24.3 Å². The van der Waals surface area contributed by atoms with Gasteiger partial charge in [0.1, 0.15) is 0 Å². The van der Waals surface area contributed by atoms with Crippen molar-refractivity contribution in [3.05, 3.63) is 48.4 Å². The summed E-state index contributed by atoms with van der Waals surface area (Å²) in [5, 5.41) is 6.35. The molecule has 0 bridgehead atoms. The first-order valence-electron chi connectivity index (χ1n) is 6.87. The van der Waals surface area contributed by atoms with Gasteiger partial charge < -0.3 is 10.3 Å². The summed E-state index contributed by atoms with van der Waals surface area (Å²) in [5.41, 5.74) is 6.99. The molecule has 20 heavy (non-hydrogen) atoms. The highest BCUT2D eigenvalue weighted by atomic mass is 16.5. The Morgan fingerprint density at radius 1 is 1.15 bits per heavy atom. The van der Waals surface area contributed by atoms with Gasteiger partial charge in [-0.25, -0.2) is 0 Å². The Kier molecular flexibility index (Phi) is 3.48. The predicted octanol–water partition coefficient (Wildman–Crippen LogP) is 3.69. The van der Waals surface area contributed by atoms with Gasteiger partial charge in [-0.15, -0.1) is 0 Å². The Morgan fingerprint density at radius 2 is 1.95 bits per heavy atom. The van der Waals surface area contributed by atoms with Crippen molar-refractivity contribution < 1.29 is 4.52 Å². The summed E-state index contributed by atoms with van der Waals surface area (Å²) in [4.78, 5) is 4.45. The van der Waals surface area contributed by atoms with Crippen molar-refractivity contribution in [3.8, 4) is 11.4 Å². The molecule has 4 nitrogen and oxygen atoms in total. The van der Waals surface area contributed by atoms with Crippen molar-refractivity contribution in [2.45, 2.75) is 25.8 Å². The molecule has 1 aromatic heterocycles. The monoisotopic (exact) mass is 267 g/mol. The molecule has 1 heterocycles. The summed E-state index contributed by atoms with van der Waals surface area (Å²) in [6.07, 6.45) is 1.84. The van der Waals surface area contributed by atoms with Crippen molar-refractivity contribution in [3.63, 3.8) is 0 Å². The molecule has 0 aliphatic rings. The summed E-state index contributed by atoms with van der Waals surface area (Å²) in [6.45, 7) is 2.09. The molecular formula is C16H17N3O. The van der Waals surface area contributed by atoms with Crippen LogP contribution in [0.1, 0.15) is 31.7 Å². The third-order valence-corrected chi connectivity index (χ3v) is 3.39. The van der Waals surface area contributed by atoms with Crippen LogP contribution in [0.2, 0.25) is 0 Å². The number of nitrogens with zero attached hydrogens (tertiary/aromatic N) is 2. The van der Waals surface area contributed by atoms with Gasteiger partial charge in [-0.2, -0.15) is 4.98 Å². The van der Waals surface area contributed by atoms with E-state index in [9.17, 15) is 0 Å². The third-order valence-electron chi connectivity index (χ3n) is 3.39. The van der Waals surface area contributed by atoms with Crippen molar-refractivity contribution in [2.75, 3.05) is 0 Å². The number of fused-ring (bicyclic) bond motifs is 1. The minimum absolute atomic E-state index is 0.184. The van der Waals surface area contributed by atoms with Crippen LogP contribution in [0.15, 0.2) is 47.0 Å². The zero-order chi connectivity index (χ0) is 13.9. The van der Waals surface area contributed by atoms with Crippen molar-refractivity contribution >= 4 is 10.8 Å². The topological polar surface area (TPSA) is 64.9 Å². The number of rotatable bonds is 4. The molecule has 0 saturated carbocycles. The lowest BCUT2D eigenvalue weighted by Gasteiger charge is -2.03. The van der Waals surface area contributed by atoms with E-state index in [-0.39, 0.29) is 6.04 Å². The summed E-state index contributed by atoms with van der Waals surface area (Å²) < 4.78 is 5.30. The summed E-state index contributed by atoms with van der Waals surface area (Å²) in [5.74, 6) is 1.11. The van der Waals surface area contributed by atoms with Crippen LogP contribution >= 0.6 is 0 Å². The van der Waals surface area contributed by atoms with Gasteiger partial charge in [0, 0.05) is 5.56 Å². The van der Waals surface area contributed by atoms with E-state index in [2.05, 4.69) is 35.3 Å². The number of aromatic nitrogens is 2. The molecule has 3 aromatic rings. The zero-order valence-electron chi connectivity index (χ0n) is 11.4. The predicted molar refractivity (Wildman–Crippen MR) is 79.1 cm³/mol. The maximum absolute atomic E-state index is 6.01. The molecule has 0 aliphatic carbocycles. The van der Waals surface area contributed by atoms with Gasteiger partial charge in [0.2, 0.25) is 11.7 Å².